The van der Waals surface area contributed by atoms with Crippen molar-refractivity contribution in [3.63, 3.8) is 0 Å². The molecule has 0 radical (unpaired) electrons. The van der Waals surface area contributed by atoms with Gasteiger partial charge in [-0.25, -0.2) is 13.6 Å². The molecule has 1 aliphatic heterocycles. The lowest BCUT2D eigenvalue weighted by Crippen LogP contribution is -2.65. The fourth-order valence-corrected chi connectivity index (χ4v) is 6.45. The number of piperidine rings is 1. The predicted molar refractivity (Wildman–Crippen MR) is 123 cm³/mol. The number of primary sulfonamides is 1. The molecule has 3 N–H and O–H groups in total. The van der Waals surface area contributed by atoms with Gasteiger partial charge < -0.3 is 10.0 Å². The van der Waals surface area contributed by atoms with Gasteiger partial charge in [0.05, 0.1) is 5.75 Å². The molecule has 1 amide bonds. The predicted octanol–water partition coefficient (Wildman–Crippen LogP) is 3.71. The molecule has 1 saturated heterocycles. The first kappa shape index (κ1) is 24.1. The molecule has 2 fully saturated rings. The summed E-state index contributed by atoms with van der Waals surface area (Å²) in [6.07, 6.45) is 6.86. The van der Waals surface area contributed by atoms with E-state index in [0.717, 1.165) is 37.8 Å². The minimum atomic E-state index is -3.17. The second-order valence-electron chi connectivity index (χ2n) is 10.2. The second kappa shape index (κ2) is 8.74. The molecule has 31 heavy (non-hydrogen) atoms. The maximum atomic E-state index is 13.2. The van der Waals surface area contributed by atoms with Gasteiger partial charge in [-0.05, 0) is 54.7 Å². The van der Waals surface area contributed by atoms with E-state index in [1.165, 1.54) is 18.4 Å². The first-order valence-corrected chi connectivity index (χ1v) is 13.3. The minimum absolute atomic E-state index is 0.0104. The fraction of sp³-hybridized carbons (Fsp3) is 0.708. The van der Waals surface area contributed by atoms with E-state index in [4.69, 9.17) is 0 Å². The summed E-state index contributed by atoms with van der Waals surface area (Å²) in [5, 5.41) is 15.0. The molecular formula is C24H38N2O4S. The number of amides is 1. The van der Waals surface area contributed by atoms with Crippen molar-refractivity contribution < 1.29 is 18.3 Å². The summed E-state index contributed by atoms with van der Waals surface area (Å²) in [6, 6.07) is 6.12. The van der Waals surface area contributed by atoms with Crippen LogP contribution in [0.2, 0.25) is 0 Å². The molecule has 2 aliphatic carbocycles. The van der Waals surface area contributed by atoms with Gasteiger partial charge >= 0.3 is 0 Å². The summed E-state index contributed by atoms with van der Waals surface area (Å²) in [5.74, 6) is 1.09. The number of nitrogens with two attached hydrogens (primary N) is 1. The van der Waals surface area contributed by atoms with E-state index in [-0.39, 0.29) is 28.5 Å². The summed E-state index contributed by atoms with van der Waals surface area (Å²) >= 11 is 0. The Morgan fingerprint density at radius 3 is 2.42 bits per heavy atom. The van der Waals surface area contributed by atoms with Gasteiger partial charge in [-0.2, -0.15) is 0 Å². The molecule has 1 aromatic carbocycles. The Labute approximate surface area is 187 Å². The van der Waals surface area contributed by atoms with Gasteiger partial charge in [0.15, 0.2) is 0 Å². The zero-order chi connectivity index (χ0) is 23.0. The molecule has 4 rings (SSSR count). The third kappa shape index (κ3) is 4.49. The molecule has 3 aliphatic rings. The number of carbonyl (C=O) groups is 1. The van der Waals surface area contributed by atoms with Crippen LogP contribution in [-0.4, -0.2) is 42.7 Å². The van der Waals surface area contributed by atoms with Crippen LogP contribution in [0.25, 0.3) is 0 Å². The van der Waals surface area contributed by atoms with Crippen LogP contribution in [0.5, 0.6) is 5.75 Å². The fourth-order valence-electron chi connectivity index (χ4n) is 5.88. The van der Waals surface area contributed by atoms with Gasteiger partial charge in [-0.1, -0.05) is 52.7 Å². The van der Waals surface area contributed by atoms with Crippen molar-refractivity contribution >= 4 is 15.9 Å². The van der Waals surface area contributed by atoms with Crippen molar-refractivity contribution in [1.82, 2.24) is 4.90 Å². The summed E-state index contributed by atoms with van der Waals surface area (Å²) in [5.41, 5.74) is 2.38. The molecule has 1 unspecified atom stereocenters. The lowest BCUT2D eigenvalue weighted by atomic mass is 9.51. The van der Waals surface area contributed by atoms with E-state index in [9.17, 15) is 18.3 Å². The number of hydrogen-bond donors (Lipinski definition) is 2. The first-order valence-electron chi connectivity index (χ1n) is 11.5. The average molecular weight is 451 g/mol. The van der Waals surface area contributed by atoms with E-state index in [0.29, 0.717) is 18.1 Å². The van der Waals surface area contributed by atoms with Gasteiger partial charge in [0.1, 0.15) is 5.75 Å². The highest BCUT2D eigenvalue weighted by Gasteiger charge is 2.57. The maximum absolute atomic E-state index is 13.2. The summed E-state index contributed by atoms with van der Waals surface area (Å²) in [4.78, 5) is 15.3. The molecule has 6 nitrogen and oxygen atoms in total. The molecule has 1 saturated carbocycles. The van der Waals surface area contributed by atoms with Crippen LogP contribution in [0.1, 0.15) is 77.3 Å². The number of benzene rings is 1. The van der Waals surface area contributed by atoms with E-state index in [1.807, 2.05) is 6.07 Å². The normalized spacial score (nSPS) is 27.3. The van der Waals surface area contributed by atoms with Crippen molar-refractivity contribution in [2.45, 2.75) is 84.1 Å². The number of likely N-dealkylation sites (tertiary alicyclic amines) is 1. The summed E-state index contributed by atoms with van der Waals surface area (Å²) in [7, 11) is -3.17. The van der Waals surface area contributed by atoms with E-state index in [1.54, 1.807) is 13.0 Å². The Bertz CT molecular complexity index is 922. The van der Waals surface area contributed by atoms with Crippen LogP contribution in [0, 0.1) is 11.3 Å². The number of hydrogen-bond acceptors (Lipinski definition) is 4. The van der Waals surface area contributed by atoms with Gasteiger partial charge in [-0.15, -0.1) is 0 Å². The molecule has 0 aromatic heterocycles. The van der Waals surface area contributed by atoms with Crippen molar-refractivity contribution in [2.75, 3.05) is 12.3 Å². The zero-order valence-electron chi connectivity index (χ0n) is 19.4. The molecular weight excluding hydrogens is 412 g/mol. The molecule has 2 atom stereocenters. The maximum Gasteiger partial charge on any atom is 0.225 e. The van der Waals surface area contributed by atoms with Crippen molar-refractivity contribution in [3.05, 3.63) is 29.3 Å². The lowest BCUT2D eigenvalue weighted by Gasteiger charge is -2.61. The topological polar surface area (TPSA) is 101 Å². The standard InChI is InChI=1S/C21H29NO2.C3H9NO2S/c1-20(2)18-13-15-16(9-6-10-17(15)23)21(20,3)11-12-22(18)19(24)14-7-4-5-8-14;1-2-3-7(4,5)6/h6,9-10,14,18,23H,4-5,7-8,11-13H2,1-3H3;2-3H2,1H3,(H2,4,5,6)/t18-,21?;/m1./s1. The molecule has 2 bridgehead atoms. The molecule has 7 heteroatoms. The van der Waals surface area contributed by atoms with E-state index < -0.39 is 10.0 Å². The highest BCUT2D eigenvalue weighted by molar-refractivity contribution is 7.89. The van der Waals surface area contributed by atoms with Crippen LogP contribution in [-0.2, 0) is 26.7 Å². The minimum Gasteiger partial charge on any atom is -0.508 e. The molecule has 174 valence electrons. The second-order valence-corrected chi connectivity index (χ2v) is 11.9. The van der Waals surface area contributed by atoms with Gasteiger partial charge in [0, 0.05) is 23.9 Å². The number of carbonyl (C=O) groups excluding carboxylic acids is 1. The molecule has 1 aromatic rings. The largest absolute Gasteiger partial charge is 0.508 e. The van der Waals surface area contributed by atoms with Crippen molar-refractivity contribution in [3.8, 4) is 5.75 Å². The van der Waals surface area contributed by atoms with Gasteiger partial charge in [-0.3, -0.25) is 4.79 Å². The zero-order valence-corrected chi connectivity index (χ0v) is 20.2. The Morgan fingerprint density at radius 1 is 1.23 bits per heavy atom. The van der Waals surface area contributed by atoms with Crippen LogP contribution < -0.4 is 5.14 Å². The van der Waals surface area contributed by atoms with Crippen LogP contribution in [0.15, 0.2) is 18.2 Å². The Morgan fingerprint density at radius 2 is 1.87 bits per heavy atom. The highest BCUT2D eigenvalue weighted by atomic mass is 32.2. The summed E-state index contributed by atoms with van der Waals surface area (Å²) in [6.45, 7) is 9.59. The quantitative estimate of drug-likeness (QED) is 0.733. The number of phenolic OH excluding ortho intramolecular Hbond substituents is 1. The Kier molecular flexibility index (Phi) is 6.78. The van der Waals surface area contributed by atoms with Crippen LogP contribution in [0.4, 0.5) is 0 Å². The smallest absolute Gasteiger partial charge is 0.225 e. The van der Waals surface area contributed by atoms with Gasteiger partial charge in [0.25, 0.3) is 0 Å². The number of fused-ring (bicyclic) bond motifs is 4. The molecule has 1 heterocycles. The number of rotatable bonds is 3. The summed E-state index contributed by atoms with van der Waals surface area (Å²) < 4.78 is 20.0. The Balaban J connectivity index is 0.000000339. The first-order chi connectivity index (χ1) is 14.4. The van der Waals surface area contributed by atoms with E-state index >= 15 is 0 Å². The van der Waals surface area contributed by atoms with Crippen LogP contribution in [0.3, 0.4) is 0 Å². The monoisotopic (exact) mass is 450 g/mol. The lowest BCUT2D eigenvalue weighted by molar-refractivity contribution is -0.148. The van der Waals surface area contributed by atoms with Crippen LogP contribution >= 0.6 is 0 Å². The SMILES string of the molecule is CC12CCN(C(=O)C3CCCC3)[C@H](Cc3c(O)cccc31)C2(C)C.CCCS(N)(=O)=O. The Hall–Kier alpha value is -1.60. The number of aromatic hydroxyl groups is 1. The third-order valence-corrected chi connectivity index (χ3v) is 9.08. The molecule has 0 spiro atoms. The van der Waals surface area contributed by atoms with Crippen molar-refractivity contribution in [1.29, 1.82) is 0 Å². The third-order valence-electron chi connectivity index (χ3n) is 8.10. The number of nitrogens with zero attached hydrogens (tertiary/aromatic N) is 1. The number of phenols is 1. The van der Waals surface area contributed by atoms with E-state index in [2.05, 4.69) is 36.9 Å². The highest BCUT2D eigenvalue weighted by Crippen LogP contribution is 2.57. The number of sulfonamides is 1. The average Bonchev–Trinajstić information content (AvgIpc) is 3.19. The van der Waals surface area contributed by atoms with Crippen molar-refractivity contribution in [2.24, 2.45) is 16.5 Å². The van der Waals surface area contributed by atoms with Gasteiger partial charge in [0.2, 0.25) is 15.9 Å².